The van der Waals surface area contributed by atoms with E-state index in [1.54, 1.807) is 18.3 Å². The van der Waals surface area contributed by atoms with E-state index in [-0.39, 0.29) is 5.82 Å². The molecule has 0 saturated carbocycles. The van der Waals surface area contributed by atoms with Gasteiger partial charge in [-0.05, 0) is 40.6 Å². The summed E-state index contributed by atoms with van der Waals surface area (Å²) in [7, 11) is 0. The van der Waals surface area contributed by atoms with E-state index < -0.39 is 4.92 Å². The van der Waals surface area contributed by atoms with Gasteiger partial charge in [0.2, 0.25) is 0 Å². The van der Waals surface area contributed by atoms with Gasteiger partial charge in [0.1, 0.15) is 11.9 Å². The van der Waals surface area contributed by atoms with Gasteiger partial charge in [0.05, 0.1) is 12.2 Å². The van der Waals surface area contributed by atoms with Gasteiger partial charge in [-0.2, -0.15) is 0 Å². The van der Waals surface area contributed by atoms with Crippen LogP contribution in [0.5, 0.6) is 0 Å². The van der Waals surface area contributed by atoms with Gasteiger partial charge in [0, 0.05) is 6.20 Å². The summed E-state index contributed by atoms with van der Waals surface area (Å²) in [6, 6.07) is 7.08. The number of aromatic nitrogens is 2. The van der Waals surface area contributed by atoms with Crippen LogP contribution >= 0.6 is 0 Å². The molecule has 0 bridgehead atoms. The van der Waals surface area contributed by atoms with Crippen molar-refractivity contribution < 1.29 is 4.92 Å². The fraction of sp³-hybridized carbons (Fsp3) is 0.167. The summed E-state index contributed by atoms with van der Waals surface area (Å²) in [4.78, 5) is 18.2. The largest absolute Gasteiger partial charge is 0.386 e. The first-order valence-electron chi connectivity index (χ1n) is 5.42. The molecular formula is C12H12N4O2. The Hall–Kier alpha value is -2.50. The minimum Gasteiger partial charge on any atom is -0.372 e. The van der Waals surface area contributed by atoms with Crippen molar-refractivity contribution in [2.75, 3.05) is 5.32 Å². The lowest BCUT2D eigenvalue weighted by Gasteiger charge is -2.07. The number of nitro groups is 1. The molecule has 0 saturated heterocycles. The van der Waals surface area contributed by atoms with Crippen LogP contribution in [-0.2, 0) is 6.54 Å². The topological polar surface area (TPSA) is 81.0 Å². The van der Waals surface area contributed by atoms with Gasteiger partial charge in [-0.25, -0.2) is 0 Å². The van der Waals surface area contributed by atoms with E-state index in [0.717, 1.165) is 11.3 Å². The highest BCUT2D eigenvalue weighted by molar-refractivity contribution is 5.56. The number of aryl methyl sites for hydroxylation is 1. The van der Waals surface area contributed by atoms with Crippen LogP contribution in [0.1, 0.15) is 11.3 Å². The zero-order chi connectivity index (χ0) is 13.0. The number of nitrogens with zero attached hydrogens (tertiary/aromatic N) is 3. The fourth-order valence-corrected chi connectivity index (χ4v) is 1.56. The summed E-state index contributed by atoms with van der Waals surface area (Å²) in [5.41, 5.74) is 2.29. The standard InChI is InChI=1S/C12H12N4O2/c1-9-4-2-6-13-11(9)8-15-10-5-3-7-14-12(10)16(17)18/h2-7,15H,8H2,1H3. The van der Waals surface area contributed by atoms with Crippen molar-refractivity contribution in [3.8, 4) is 0 Å². The van der Waals surface area contributed by atoms with Crippen molar-refractivity contribution in [2.45, 2.75) is 13.5 Å². The summed E-state index contributed by atoms with van der Waals surface area (Å²) in [5, 5.41) is 13.8. The molecule has 0 unspecified atom stereocenters. The Labute approximate surface area is 104 Å². The van der Waals surface area contributed by atoms with E-state index in [1.165, 1.54) is 6.20 Å². The molecule has 0 atom stereocenters. The van der Waals surface area contributed by atoms with Gasteiger partial charge in [0.25, 0.3) is 0 Å². The van der Waals surface area contributed by atoms with Crippen molar-refractivity contribution in [3.05, 3.63) is 58.0 Å². The Bertz CT molecular complexity index is 572. The van der Waals surface area contributed by atoms with Gasteiger partial charge < -0.3 is 15.4 Å². The van der Waals surface area contributed by atoms with Crippen molar-refractivity contribution in [2.24, 2.45) is 0 Å². The van der Waals surface area contributed by atoms with E-state index in [4.69, 9.17) is 0 Å². The first-order valence-corrected chi connectivity index (χ1v) is 5.42. The maximum atomic E-state index is 10.8. The SMILES string of the molecule is Cc1cccnc1CNc1cccnc1[N+](=O)[O-]. The molecule has 2 aromatic rings. The molecule has 0 spiro atoms. The van der Waals surface area contributed by atoms with Gasteiger partial charge in [-0.1, -0.05) is 6.07 Å². The molecule has 2 rings (SSSR count). The van der Waals surface area contributed by atoms with Crippen LogP contribution in [-0.4, -0.2) is 14.9 Å². The van der Waals surface area contributed by atoms with Crippen molar-refractivity contribution in [1.29, 1.82) is 0 Å². The van der Waals surface area contributed by atoms with E-state index in [2.05, 4.69) is 15.3 Å². The molecule has 0 aromatic carbocycles. The van der Waals surface area contributed by atoms with Crippen LogP contribution in [0.4, 0.5) is 11.5 Å². The van der Waals surface area contributed by atoms with Gasteiger partial charge >= 0.3 is 5.82 Å². The second-order valence-electron chi connectivity index (χ2n) is 3.75. The summed E-state index contributed by atoms with van der Waals surface area (Å²) in [5.74, 6) is -0.175. The lowest BCUT2D eigenvalue weighted by atomic mass is 10.2. The lowest BCUT2D eigenvalue weighted by Crippen LogP contribution is -2.06. The quantitative estimate of drug-likeness (QED) is 0.659. The van der Waals surface area contributed by atoms with E-state index in [0.29, 0.717) is 12.2 Å². The molecule has 6 heteroatoms. The first-order chi connectivity index (χ1) is 8.68. The zero-order valence-corrected chi connectivity index (χ0v) is 9.83. The Kier molecular flexibility index (Phi) is 3.47. The number of rotatable bonds is 4. The van der Waals surface area contributed by atoms with Crippen molar-refractivity contribution in [1.82, 2.24) is 9.97 Å². The van der Waals surface area contributed by atoms with E-state index in [1.807, 2.05) is 19.1 Å². The highest BCUT2D eigenvalue weighted by atomic mass is 16.6. The van der Waals surface area contributed by atoms with Crippen LogP contribution in [0.2, 0.25) is 0 Å². The number of hydrogen-bond donors (Lipinski definition) is 1. The summed E-state index contributed by atoms with van der Waals surface area (Å²) >= 11 is 0. The monoisotopic (exact) mass is 244 g/mol. The molecule has 1 N–H and O–H groups in total. The Morgan fingerprint density at radius 3 is 2.72 bits per heavy atom. The maximum absolute atomic E-state index is 10.8. The molecule has 0 radical (unpaired) electrons. The lowest BCUT2D eigenvalue weighted by molar-refractivity contribution is -0.388. The van der Waals surface area contributed by atoms with Crippen LogP contribution in [0.3, 0.4) is 0 Å². The molecule has 0 fully saturated rings. The third kappa shape index (κ3) is 2.60. The molecule has 0 aliphatic rings. The van der Waals surface area contributed by atoms with Crippen LogP contribution < -0.4 is 5.32 Å². The normalized spacial score (nSPS) is 10.1. The van der Waals surface area contributed by atoms with Crippen LogP contribution in [0.15, 0.2) is 36.7 Å². The Balaban J connectivity index is 2.16. The second-order valence-corrected chi connectivity index (χ2v) is 3.75. The highest BCUT2D eigenvalue weighted by Gasteiger charge is 2.13. The van der Waals surface area contributed by atoms with Gasteiger partial charge in [0.15, 0.2) is 0 Å². The van der Waals surface area contributed by atoms with Crippen molar-refractivity contribution in [3.63, 3.8) is 0 Å². The van der Waals surface area contributed by atoms with Crippen LogP contribution in [0, 0.1) is 17.0 Å². The minimum absolute atomic E-state index is 0.175. The average Bonchev–Trinajstić information content (AvgIpc) is 2.38. The third-order valence-corrected chi connectivity index (χ3v) is 2.52. The second kappa shape index (κ2) is 5.22. The number of pyridine rings is 2. The summed E-state index contributed by atoms with van der Waals surface area (Å²) in [6.07, 6.45) is 3.09. The van der Waals surface area contributed by atoms with Gasteiger partial charge in [-0.15, -0.1) is 0 Å². The molecule has 18 heavy (non-hydrogen) atoms. The third-order valence-electron chi connectivity index (χ3n) is 2.52. The van der Waals surface area contributed by atoms with E-state index >= 15 is 0 Å². The minimum atomic E-state index is -0.506. The smallest absolute Gasteiger partial charge is 0.372 e. The molecular weight excluding hydrogens is 232 g/mol. The molecule has 0 amide bonds. The number of nitrogens with one attached hydrogen (secondary N) is 1. The number of anilines is 1. The summed E-state index contributed by atoms with van der Waals surface area (Å²) < 4.78 is 0. The number of hydrogen-bond acceptors (Lipinski definition) is 5. The fourth-order valence-electron chi connectivity index (χ4n) is 1.56. The predicted molar refractivity (Wildman–Crippen MR) is 67.2 cm³/mol. The van der Waals surface area contributed by atoms with Gasteiger partial charge in [-0.3, -0.25) is 4.98 Å². The molecule has 2 aromatic heterocycles. The molecule has 0 aliphatic heterocycles. The average molecular weight is 244 g/mol. The van der Waals surface area contributed by atoms with E-state index in [9.17, 15) is 10.1 Å². The molecule has 92 valence electrons. The molecule has 2 heterocycles. The Morgan fingerprint density at radius 2 is 2.00 bits per heavy atom. The molecule has 0 aliphatic carbocycles. The summed E-state index contributed by atoms with van der Waals surface area (Å²) in [6.45, 7) is 2.38. The van der Waals surface area contributed by atoms with Crippen molar-refractivity contribution >= 4 is 11.5 Å². The molecule has 6 nitrogen and oxygen atoms in total. The predicted octanol–water partition coefficient (Wildman–Crippen LogP) is 2.31. The highest BCUT2D eigenvalue weighted by Crippen LogP contribution is 2.20. The first kappa shape index (κ1) is 12.0. The maximum Gasteiger partial charge on any atom is 0.386 e. The Morgan fingerprint density at radius 1 is 1.28 bits per heavy atom. The zero-order valence-electron chi connectivity index (χ0n) is 9.83. The van der Waals surface area contributed by atoms with Crippen LogP contribution in [0.25, 0.3) is 0 Å².